The highest BCUT2D eigenvalue weighted by molar-refractivity contribution is 9.10. The Hall–Kier alpha value is -1.80. The Bertz CT molecular complexity index is 736. The molecule has 0 radical (unpaired) electrons. The summed E-state index contributed by atoms with van der Waals surface area (Å²) >= 11 is 8.84. The lowest BCUT2D eigenvalue weighted by Gasteiger charge is -2.30. The molecule has 0 unspecified atom stereocenters. The van der Waals surface area contributed by atoms with Crippen molar-refractivity contribution >= 4 is 39.2 Å². The molecule has 142 valence electrons. The number of benzene rings is 1. The minimum Gasteiger partial charge on any atom is -0.493 e. The average molecular weight is 443 g/mol. The second kappa shape index (κ2) is 9.23. The van der Waals surface area contributed by atoms with Crippen LogP contribution in [-0.2, 0) is 9.53 Å². The summed E-state index contributed by atoms with van der Waals surface area (Å²) in [5.41, 5.74) is 1.91. The predicted octanol–water partition coefficient (Wildman–Crippen LogP) is 3.60. The van der Waals surface area contributed by atoms with Crippen molar-refractivity contribution in [2.24, 2.45) is 0 Å². The van der Waals surface area contributed by atoms with E-state index in [0.29, 0.717) is 34.5 Å². The first kappa shape index (κ1) is 20.5. The van der Waals surface area contributed by atoms with Crippen molar-refractivity contribution in [3.63, 3.8) is 0 Å². The van der Waals surface area contributed by atoms with Gasteiger partial charge in [0, 0.05) is 10.2 Å². The first-order valence-corrected chi connectivity index (χ1v) is 9.49. The van der Waals surface area contributed by atoms with Crippen molar-refractivity contribution in [2.45, 2.75) is 32.7 Å². The summed E-state index contributed by atoms with van der Waals surface area (Å²) in [6.45, 7) is 4.51. The lowest BCUT2D eigenvalue weighted by Crippen LogP contribution is -2.45. The molecule has 1 atom stereocenters. The number of hydrogen-bond donors (Lipinski definition) is 2. The van der Waals surface area contributed by atoms with Crippen molar-refractivity contribution in [3.05, 3.63) is 33.4 Å². The van der Waals surface area contributed by atoms with Crippen LogP contribution < -0.4 is 20.1 Å². The van der Waals surface area contributed by atoms with Gasteiger partial charge in [-0.3, -0.25) is 0 Å². The Morgan fingerprint density at radius 2 is 2.04 bits per heavy atom. The van der Waals surface area contributed by atoms with E-state index in [0.717, 1.165) is 22.9 Å². The van der Waals surface area contributed by atoms with Crippen LogP contribution in [0.15, 0.2) is 27.9 Å². The van der Waals surface area contributed by atoms with E-state index in [1.807, 2.05) is 12.1 Å². The predicted molar refractivity (Wildman–Crippen MR) is 107 cm³/mol. The summed E-state index contributed by atoms with van der Waals surface area (Å²) in [7, 11) is 2.94. The van der Waals surface area contributed by atoms with Crippen molar-refractivity contribution in [3.8, 4) is 11.5 Å². The molecule has 2 rings (SSSR count). The van der Waals surface area contributed by atoms with Gasteiger partial charge in [0.05, 0.1) is 32.4 Å². The second-order valence-corrected chi connectivity index (χ2v) is 7.05. The molecule has 0 saturated heterocycles. The molecule has 1 heterocycles. The van der Waals surface area contributed by atoms with E-state index in [9.17, 15) is 4.79 Å². The van der Waals surface area contributed by atoms with Gasteiger partial charge in [0.1, 0.15) is 0 Å². The van der Waals surface area contributed by atoms with Crippen LogP contribution in [0.2, 0.25) is 0 Å². The van der Waals surface area contributed by atoms with Crippen LogP contribution in [0.1, 0.15) is 38.3 Å². The highest BCUT2D eigenvalue weighted by atomic mass is 79.9. The summed E-state index contributed by atoms with van der Waals surface area (Å²) in [5, 5.41) is 6.53. The number of hydrogen-bond acceptors (Lipinski definition) is 5. The van der Waals surface area contributed by atoms with Crippen molar-refractivity contribution in [2.75, 3.05) is 20.8 Å². The summed E-state index contributed by atoms with van der Waals surface area (Å²) < 4.78 is 17.0. The maximum absolute atomic E-state index is 12.3. The van der Waals surface area contributed by atoms with Gasteiger partial charge in [-0.15, -0.1) is 0 Å². The molecule has 1 aromatic rings. The number of methoxy groups -OCH3 is 2. The number of halogens is 1. The van der Waals surface area contributed by atoms with E-state index in [4.69, 9.17) is 26.4 Å². The number of unbranched alkanes of at least 4 members (excludes halogenated alkanes) is 1. The third-order valence-electron chi connectivity index (χ3n) is 4.02. The molecule has 6 nitrogen and oxygen atoms in total. The average Bonchev–Trinajstić information content (AvgIpc) is 2.61. The van der Waals surface area contributed by atoms with Crippen molar-refractivity contribution in [1.29, 1.82) is 0 Å². The third kappa shape index (κ3) is 4.48. The molecule has 0 bridgehead atoms. The normalized spacial score (nSPS) is 16.7. The molecular weight excluding hydrogens is 420 g/mol. The minimum atomic E-state index is -0.468. The molecule has 0 fully saturated rings. The Balaban J connectivity index is 2.47. The van der Waals surface area contributed by atoms with Gasteiger partial charge in [-0.25, -0.2) is 4.79 Å². The van der Waals surface area contributed by atoms with Gasteiger partial charge < -0.3 is 24.8 Å². The van der Waals surface area contributed by atoms with Crippen LogP contribution in [0.3, 0.4) is 0 Å². The zero-order chi connectivity index (χ0) is 19.3. The van der Waals surface area contributed by atoms with Crippen LogP contribution in [0.25, 0.3) is 0 Å². The number of carbonyl (C=O) groups is 1. The Kier molecular flexibility index (Phi) is 7.28. The smallest absolute Gasteiger partial charge is 0.337 e. The highest BCUT2D eigenvalue weighted by Crippen LogP contribution is 2.39. The SMILES string of the molecule is CCCCOc1cc(Br)c([C@@H]2NC(=S)NC(C)=C2C(=O)OC)cc1OC. The Morgan fingerprint density at radius 1 is 1.31 bits per heavy atom. The monoisotopic (exact) mass is 442 g/mol. The van der Waals surface area contributed by atoms with Gasteiger partial charge in [-0.1, -0.05) is 29.3 Å². The van der Waals surface area contributed by atoms with Crippen molar-refractivity contribution in [1.82, 2.24) is 10.6 Å². The van der Waals surface area contributed by atoms with Gasteiger partial charge in [0.25, 0.3) is 0 Å². The number of ether oxygens (including phenoxy) is 3. The minimum absolute atomic E-state index is 0.427. The van der Waals surface area contributed by atoms with Crippen LogP contribution >= 0.6 is 28.1 Å². The molecule has 0 aromatic heterocycles. The Labute approximate surface area is 167 Å². The molecule has 2 N–H and O–H groups in total. The zero-order valence-corrected chi connectivity index (χ0v) is 17.7. The lowest BCUT2D eigenvalue weighted by molar-refractivity contribution is -0.136. The lowest BCUT2D eigenvalue weighted by atomic mass is 9.95. The number of carbonyl (C=O) groups excluding carboxylic acids is 1. The van der Waals surface area contributed by atoms with Gasteiger partial charge in [-0.2, -0.15) is 0 Å². The zero-order valence-electron chi connectivity index (χ0n) is 15.3. The number of allylic oxidation sites excluding steroid dienone is 1. The van der Waals surface area contributed by atoms with E-state index in [2.05, 4.69) is 33.5 Å². The number of nitrogens with one attached hydrogen (secondary N) is 2. The van der Waals surface area contributed by atoms with Crippen LogP contribution in [0, 0.1) is 0 Å². The van der Waals surface area contributed by atoms with E-state index in [1.54, 1.807) is 14.0 Å². The van der Waals surface area contributed by atoms with E-state index in [-0.39, 0.29) is 0 Å². The van der Waals surface area contributed by atoms with E-state index < -0.39 is 12.0 Å². The molecule has 8 heteroatoms. The largest absolute Gasteiger partial charge is 0.493 e. The van der Waals surface area contributed by atoms with Crippen LogP contribution in [-0.4, -0.2) is 31.9 Å². The van der Waals surface area contributed by atoms with Crippen LogP contribution in [0.4, 0.5) is 0 Å². The number of esters is 1. The van der Waals surface area contributed by atoms with Gasteiger partial charge in [0.2, 0.25) is 0 Å². The fourth-order valence-corrected chi connectivity index (χ4v) is 3.50. The molecular formula is C18H23BrN2O4S. The molecule has 0 amide bonds. The summed E-state index contributed by atoms with van der Waals surface area (Å²) in [6, 6.07) is 3.22. The molecule has 1 aliphatic rings. The van der Waals surface area contributed by atoms with Crippen LogP contribution in [0.5, 0.6) is 11.5 Å². The fourth-order valence-electron chi connectivity index (χ4n) is 2.68. The quantitative estimate of drug-likeness (QED) is 0.379. The molecule has 1 aliphatic heterocycles. The first-order valence-electron chi connectivity index (χ1n) is 8.29. The molecule has 26 heavy (non-hydrogen) atoms. The molecule has 0 aliphatic carbocycles. The number of rotatable bonds is 7. The molecule has 0 saturated carbocycles. The highest BCUT2D eigenvalue weighted by Gasteiger charge is 2.32. The summed E-state index contributed by atoms with van der Waals surface area (Å²) in [5.74, 6) is 0.810. The topological polar surface area (TPSA) is 68.8 Å². The van der Waals surface area contributed by atoms with Gasteiger partial charge in [0.15, 0.2) is 16.6 Å². The second-order valence-electron chi connectivity index (χ2n) is 5.79. The maximum Gasteiger partial charge on any atom is 0.337 e. The maximum atomic E-state index is 12.3. The van der Waals surface area contributed by atoms with Gasteiger partial charge >= 0.3 is 5.97 Å². The van der Waals surface area contributed by atoms with E-state index >= 15 is 0 Å². The number of thiocarbonyl (C=S) groups is 1. The summed E-state index contributed by atoms with van der Waals surface area (Å²) in [6.07, 6.45) is 2.01. The Morgan fingerprint density at radius 3 is 2.65 bits per heavy atom. The van der Waals surface area contributed by atoms with Crippen molar-refractivity contribution < 1.29 is 19.0 Å². The summed E-state index contributed by atoms with van der Waals surface area (Å²) in [4.78, 5) is 12.3. The van der Waals surface area contributed by atoms with Gasteiger partial charge in [-0.05, 0) is 43.3 Å². The third-order valence-corrected chi connectivity index (χ3v) is 4.93. The first-order chi connectivity index (χ1) is 12.4. The standard InChI is InChI=1S/C18H23BrN2O4S/c1-5-6-7-25-14-9-12(19)11(8-13(14)23-3)16-15(17(22)24-4)10(2)20-18(26)21-16/h8-9,16H,5-7H2,1-4H3,(H2,20,21,26)/t16-/m0/s1. The molecule has 1 aromatic carbocycles. The fraction of sp³-hybridized carbons (Fsp3) is 0.444. The van der Waals surface area contributed by atoms with E-state index in [1.165, 1.54) is 7.11 Å². The molecule has 0 spiro atoms.